The molecule has 1 aliphatic rings. The van der Waals surface area contributed by atoms with Crippen molar-refractivity contribution < 1.29 is 0 Å². The molecule has 0 unspecified atom stereocenters. The number of benzene rings is 1. The van der Waals surface area contributed by atoms with Gasteiger partial charge >= 0.3 is 0 Å². The molecule has 0 aromatic heterocycles. The molecule has 0 saturated carbocycles. The molecule has 1 nitrogen and oxygen atoms in total. The van der Waals surface area contributed by atoms with E-state index in [0.717, 1.165) is 6.42 Å². The van der Waals surface area contributed by atoms with Crippen LogP contribution in [-0.4, -0.2) is 24.5 Å². The van der Waals surface area contributed by atoms with Crippen molar-refractivity contribution in [3.05, 3.63) is 78.4 Å². The Labute approximate surface area is 135 Å². The average Bonchev–Trinajstić information content (AvgIpc) is 2.59. The summed E-state index contributed by atoms with van der Waals surface area (Å²) < 4.78 is 0. The minimum atomic E-state index is 1.01. The van der Waals surface area contributed by atoms with Crippen molar-refractivity contribution in [1.29, 1.82) is 0 Å². The molecule has 1 aromatic carbocycles. The van der Waals surface area contributed by atoms with Gasteiger partial charge in [0.1, 0.15) is 0 Å². The number of hydrogen-bond acceptors (Lipinski definition) is 1. The lowest BCUT2D eigenvalue weighted by Gasteiger charge is -2.28. The number of allylic oxidation sites excluding steroid dienone is 6. The summed E-state index contributed by atoms with van der Waals surface area (Å²) >= 11 is 0. The van der Waals surface area contributed by atoms with E-state index in [4.69, 9.17) is 0 Å². The maximum Gasteiger partial charge on any atom is 0.00188 e. The number of hydrogen-bond donors (Lipinski definition) is 0. The topological polar surface area (TPSA) is 3.24 Å². The molecule has 0 spiro atoms. The molecule has 0 amide bonds. The highest BCUT2D eigenvalue weighted by Crippen LogP contribution is 2.29. The third kappa shape index (κ3) is 4.85. The Balaban J connectivity index is 2.17. The van der Waals surface area contributed by atoms with Crippen molar-refractivity contribution in [2.45, 2.75) is 26.2 Å². The highest BCUT2D eigenvalue weighted by molar-refractivity contribution is 5.70. The van der Waals surface area contributed by atoms with Gasteiger partial charge in [-0.25, -0.2) is 0 Å². The highest BCUT2D eigenvalue weighted by atomic mass is 15.1. The van der Waals surface area contributed by atoms with E-state index in [9.17, 15) is 0 Å². The first kappa shape index (κ1) is 16.5. The number of likely N-dealkylation sites (tertiary alicyclic amines) is 1. The molecule has 1 aromatic rings. The first-order valence-electron chi connectivity index (χ1n) is 8.28. The Morgan fingerprint density at radius 3 is 2.45 bits per heavy atom. The summed E-state index contributed by atoms with van der Waals surface area (Å²) in [5.41, 5.74) is 4.52. The molecule has 1 saturated heterocycles. The molecule has 1 aliphatic heterocycles. The molecule has 1 fully saturated rings. The number of piperidine rings is 1. The predicted octanol–water partition coefficient (Wildman–Crippen LogP) is 5.24. The van der Waals surface area contributed by atoms with Gasteiger partial charge < -0.3 is 4.90 Å². The molecule has 1 heterocycles. The average molecular weight is 293 g/mol. The molecular weight excluding hydrogens is 266 g/mol. The van der Waals surface area contributed by atoms with E-state index < -0.39 is 0 Å². The summed E-state index contributed by atoms with van der Waals surface area (Å²) in [6, 6.07) is 10.8. The van der Waals surface area contributed by atoms with Crippen LogP contribution >= 0.6 is 0 Å². The van der Waals surface area contributed by atoms with E-state index in [1.165, 1.54) is 43.6 Å². The summed E-state index contributed by atoms with van der Waals surface area (Å²) in [5.74, 6) is 0. The van der Waals surface area contributed by atoms with Gasteiger partial charge in [-0.1, -0.05) is 79.8 Å². The van der Waals surface area contributed by atoms with Crippen LogP contribution in [0.4, 0.5) is 0 Å². The molecule has 0 atom stereocenters. The van der Waals surface area contributed by atoms with Crippen molar-refractivity contribution in [1.82, 2.24) is 4.90 Å². The summed E-state index contributed by atoms with van der Waals surface area (Å²) in [7, 11) is 0. The summed E-state index contributed by atoms with van der Waals surface area (Å²) in [5, 5.41) is 0. The summed E-state index contributed by atoms with van der Waals surface area (Å²) in [6.45, 7) is 9.51. The number of nitrogens with zero attached hydrogens (tertiary/aromatic N) is 1. The molecule has 2 rings (SSSR count). The van der Waals surface area contributed by atoms with Crippen molar-refractivity contribution in [3.63, 3.8) is 0 Å². The van der Waals surface area contributed by atoms with Gasteiger partial charge in [-0.3, -0.25) is 0 Å². The van der Waals surface area contributed by atoms with E-state index in [-0.39, 0.29) is 0 Å². The molecular formula is C21H27N. The minimum absolute atomic E-state index is 1.01. The summed E-state index contributed by atoms with van der Waals surface area (Å²) in [4.78, 5) is 2.54. The molecule has 0 radical (unpaired) electrons. The Bertz CT molecular complexity index is 539. The van der Waals surface area contributed by atoms with Crippen molar-refractivity contribution in [3.8, 4) is 0 Å². The van der Waals surface area contributed by atoms with Gasteiger partial charge in [-0.05, 0) is 36.9 Å². The van der Waals surface area contributed by atoms with Gasteiger partial charge in [-0.15, -0.1) is 0 Å². The molecule has 116 valence electrons. The zero-order chi connectivity index (χ0) is 15.6. The standard InChI is InChI=1S/C21H27N/c1-3-5-6-7-11-14-21(19-12-9-8-10-13-19)20-15-17-22(4-2)18-16-20/h3,5-13H,1,4,14-18H2,2H3/b6-5-,11-7-. The Hall–Kier alpha value is -1.86. The van der Waals surface area contributed by atoms with Crippen molar-refractivity contribution in [2.75, 3.05) is 19.6 Å². The largest absolute Gasteiger partial charge is 0.303 e. The van der Waals surface area contributed by atoms with Crippen molar-refractivity contribution in [2.24, 2.45) is 0 Å². The number of rotatable bonds is 6. The van der Waals surface area contributed by atoms with Gasteiger partial charge in [0.2, 0.25) is 0 Å². The smallest absolute Gasteiger partial charge is 0.00188 e. The SMILES string of the molecule is C=C/C=C\C=C/CC(=C1CCN(CC)CC1)c1ccccc1. The van der Waals surface area contributed by atoms with Gasteiger partial charge in [-0.2, -0.15) is 0 Å². The van der Waals surface area contributed by atoms with E-state index in [1.807, 2.05) is 12.2 Å². The van der Waals surface area contributed by atoms with Gasteiger partial charge in [0.15, 0.2) is 0 Å². The van der Waals surface area contributed by atoms with Crippen LogP contribution in [0.25, 0.3) is 5.57 Å². The monoisotopic (exact) mass is 293 g/mol. The van der Waals surface area contributed by atoms with E-state index in [1.54, 1.807) is 11.6 Å². The first-order valence-corrected chi connectivity index (χ1v) is 8.28. The zero-order valence-electron chi connectivity index (χ0n) is 13.7. The molecule has 0 bridgehead atoms. The lowest BCUT2D eigenvalue weighted by Crippen LogP contribution is -2.30. The summed E-state index contributed by atoms with van der Waals surface area (Å²) in [6.07, 6.45) is 13.6. The Kier molecular flexibility index (Phi) is 6.92. The minimum Gasteiger partial charge on any atom is -0.303 e. The van der Waals surface area contributed by atoms with Gasteiger partial charge in [0, 0.05) is 13.1 Å². The second-order valence-electron chi connectivity index (χ2n) is 5.64. The van der Waals surface area contributed by atoms with Crippen molar-refractivity contribution >= 4 is 5.57 Å². The molecule has 22 heavy (non-hydrogen) atoms. The molecule has 1 heteroatoms. The van der Waals surface area contributed by atoms with Crippen LogP contribution in [0.2, 0.25) is 0 Å². The fourth-order valence-electron chi connectivity index (χ4n) is 2.95. The van der Waals surface area contributed by atoms with E-state index in [0.29, 0.717) is 0 Å². The molecule has 0 N–H and O–H groups in total. The van der Waals surface area contributed by atoms with E-state index >= 15 is 0 Å². The normalized spacial score (nSPS) is 16.5. The Morgan fingerprint density at radius 1 is 1.09 bits per heavy atom. The third-order valence-electron chi connectivity index (χ3n) is 4.27. The molecule has 0 aliphatic carbocycles. The van der Waals surface area contributed by atoms with Crippen LogP contribution < -0.4 is 0 Å². The van der Waals surface area contributed by atoms with Crippen LogP contribution in [0.15, 0.2) is 72.9 Å². The van der Waals surface area contributed by atoms with Gasteiger partial charge in [0.05, 0.1) is 0 Å². The quantitative estimate of drug-likeness (QED) is 0.648. The van der Waals surface area contributed by atoms with Crippen LogP contribution in [0.5, 0.6) is 0 Å². The Morgan fingerprint density at radius 2 is 1.82 bits per heavy atom. The predicted molar refractivity (Wildman–Crippen MR) is 97.8 cm³/mol. The van der Waals surface area contributed by atoms with Crippen LogP contribution in [0, 0.1) is 0 Å². The lowest BCUT2D eigenvalue weighted by atomic mass is 9.91. The maximum absolute atomic E-state index is 3.69. The second-order valence-corrected chi connectivity index (χ2v) is 5.64. The van der Waals surface area contributed by atoms with Crippen LogP contribution in [-0.2, 0) is 0 Å². The zero-order valence-corrected chi connectivity index (χ0v) is 13.7. The van der Waals surface area contributed by atoms with Gasteiger partial charge in [0.25, 0.3) is 0 Å². The fraction of sp³-hybridized carbons (Fsp3) is 0.333. The fourth-order valence-corrected chi connectivity index (χ4v) is 2.95. The third-order valence-corrected chi connectivity index (χ3v) is 4.27. The first-order chi connectivity index (χ1) is 10.8. The second kappa shape index (κ2) is 9.22. The maximum atomic E-state index is 3.69. The lowest BCUT2D eigenvalue weighted by molar-refractivity contribution is 0.270. The van der Waals surface area contributed by atoms with E-state index in [2.05, 4.69) is 60.9 Å². The van der Waals surface area contributed by atoms with Crippen LogP contribution in [0.1, 0.15) is 31.7 Å². The highest BCUT2D eigenvalue weighted by Gasteiger charge is 2.16. The van der Waals surface area contributed by atoms with Crippen LogP contribution in [0.3, 0.4) is 0 Å².